The fraction of sp³-hybridized carbons (Fsp3) is 0.333. The van der Waals surface area contributed by atoms with Gasteiger partial charge in [-0.25, -0.2) is 0 Å². The maximum absolute atomic E-state index is 9.83. The van der Waals surface area contributed by atoms with Crippen molar-refractivity contribution in [1.29, 1.82) is 0 Å². The minimum Gasteiger partial charge on any atom is -0.507 e. The molecule has 0 amide bonds. The molecule has 1 aromatic heterocycles. The molecule has 2 heterocycles. The lowest BCUT2D eigenvalue weighted by atomic mass is 10.1. The number of nitrogens with zero attached hydrogens (tertiary/aromatic N) is 3. The summed E-state index contributed by atoms with van der Waals surface area (Å²) in [7, 11) is 0. The lowest BCUT2D eigenvalue weighted by molar-refractivity contribution is 0.461. The number of aromatic hydroxyl groups is 1. The Labute approximate surface area is 98.9 Å². The monoisotopic (exact) mass is 230 g/mol. The van der Waals surface area contributed by atoms with Crippen LogP contribution in [0.25, 0.3) is 11.4 Å². The number of benzene rings is 1. The van der Waals surface area contributed by atoms with Crippen molar-refractivity contribution >= 4 is 0 Å². The Balaban J connectivity index is 2.09. The maximum atomic E-state index is 9.83. The van der Waals surface area contributed by atoms with Gasteiger partial charge >= 0.3 is 0 Å². The molecule has 17 heavy (non-hydrogen) atoms. The van der Waals surface area contributed by atoms with Crippen LogP contribution in [0, 0.1) is 0 Å². The molecule has 3 N–H and O–H groups in total. The Kier molecular flexibility index (Phi) is 2.33. The summed E-state index contributed by atoms with van der Waals surface area (Å²) in [4.78, 5) is 0. The lowest BCUT2D eigenvalue weighted by Gasteiger charge is -2.20. The molecule has 0 fully saturated rings. The highest BCUT2D eigenvalue weighted by Gasteiger charge is 2.22. The van der Waals surface area contributed by atoms with E-state index in [0.29, 0.717) is 0 Å². The molecule has 1 unspecified atom stereocenters. The van der Waals surface area contributed by atoms with Gasteiger partial charge in [-0.05, 0) is 18.6 Å². The Hall–Kier alpha value is -1.88. The SMILES string of the molecule is NC1CCn2c(nnc2-c2ccccc2O)C1. The van der Waals surface area contributed by atoms with Crippen molar-refractivity contribution in [3.63, 3.8) is 0 Å². The average Bonchev–Trinajstić information content (AvgIpc) is 2.72. The number of rotatable bonds is 1. The smallest absolute Gasteiger partial charge is 0.167 e. The van der Waals surface area contributed by atoms with Crippen LogP contribution in [0.3, 0.4) is 0 Å². The van der Waals surface area contributed by atoms with Crippen LogP contribution in [0.4, 0.5) is 0 Å². The van der Waals surface area contributed by atoms with Gasteiger partial charge in [0.15, 0.2) is 5.82 Å². The largest absolute Gasteiger partial charge is 0.507 e. The van der Waals surface area contributed by atoms with Crippen molar-refractivity contribution in [3.05, 3.63) is 30.1 Å². The van der Waals surface area contributed by atoms with Crippen LogP contribution in [0.1, 0.15) is 12.2 Å². The second kappa shape index (κ2) is 3.85. The quantitative estimate of drug-likeness (QED) is 0.763. The second-order valence-corrected chi connectivity index (χ2v) is 4.36. The van der Waals surface area contributed by atoms with Crippen LogP contribution in [0.5, 0.6) is 5.75 Å². The molecule has 2 aromatic rings. The summed E-state index contributed by atoms with van der Waals surface area (Å²) in [5, 5.41) is 18.1. The zero-order valence-electron chi connectivity index (χ0n) is 9.37. The lowest BCUT2D eigenvalue weighted by Crippen LogP contribution is -2.31. The molecule has 3 rings (SSSR count). The maximum Gasteiger partial charge on any atom is 0.167 e. The Morgan fingerprint density at radius 3 is 2.94 bits per heavy atom. The average molecular weight is 230 g/mol. The van der Waals surface area contributed by atoms with Crippen molar-refractivity contribution in [2.75, 3.05) is 0 Å². The van der Waals surface area contributed by atoms with Crippen molar-refractivity contribution in [3.8, 4) is 17.1 Å². The molecular formula is C12H14N4O. The standard InChI is InChI=1S/C12H14N4O/c13-8-5-6-16-11(7-8)14-15-12(16)9-3-1-2-4-10(9)17/h1-4,8,17H,5-7,13H2. The highest BCUT2D eigenvalue weighted by Crippen LogP contribution is 2.29. The molecule has 1 aromatic carbocycles. The van der Waals surface area contributed by atoms with Gasteiger partial charge in [0.25, 0.3) is 0 Å². The van der Waals surface area contributed by atoms with E-state index in [-0.39, 0.29) is 11.8 Å². The fourth-order valence-electron chi connectivity index (χ4n) is 2.21. The van der Waals surface area contributed by atoms with Gasteiger partial charge in [-0.2, -0.15) is 0 Å². The molecule has 0 bridgehead atoms. The number of para-hydroxylation sites is 1. The molecular weight excluding hydrogens is 216 g/mol. The molecule has 1 aliphatic rings. The molecule has 0 aliphatic carbocycles. The number of aromatic nitrogens is 3. The van der Waals surface area contributed by atoms with Gasteiger partial charge in [0, 0.05) is 19.0 Å². The highest BCUT2D eigenvalue weighted by atomic mass is 16.3. The summed E-state index contributed by atoms with van der Waals surface area (Å²) < 4.78 is 2.04. The molecule has 5 heteroatoms. The predicted molar refractivity (Wildman–Crippen MR) is 63.4 cm³/mol. The van der Waals surface area contributed by atoms with Crippen molar-refractivity contribution < 1.29 is 5.11 Å². The minimum atomic E-state index is 0.170. The van der Waals surface area contributed by atoms with Crippen molar-refractivity contribution in [1.82, 2.24) is 14.8 Å². The Morgan fingerprint density at radius 1 is 1.29 bits per heavy atom. The van der Waals surface area contributed by atoms with E-state index in [2.05, 4.69) is 10.2 Å². The summed E-state index contributed by atoms with van der Waals surface area (Å²) in [6.45, 7) is 0.813. The molecule has 1 atom stereocenters. The van der Waals surface area contributed by atoms with Crippen LogP contribution in [0.15, 0.2) is 24.3 Å². The normalized spacial score (nSPS) is 19.0. The molecule has 0 saturated carbocycles. The molecule has 5 nitrogen and oxygen atoms in total. The zero-order valence-corrected chi connectivity index (χ0v) is 9.37. The van der Waals surface area contributed by atoms with E-state index in [1.54, 1.807) is 12.1 Å². The number of fused-ring (bicyclic) bond motifs is 1. The second-order valence-electron chi connectivity index (χ2n) is 4.36. The third-order valence-corrected chi connectivity index (χ3v) is 3.14. The van der Waals surface area contributed by atoms with E-state index in [0.717, 1.165) is 36.6 Å². The van der Waals surface area contributed by atoms with Crippen molar-refractivity contribution in [2.24, 2.45) is 5.73 Å². The van der Waals surface area contributed by atoms with E-state index in [1.807, 2.05) is 16.7 Å². The summed E-state index contributed by atoms with van der Waals surface area (Å²) in [6.07, 6.45) is 1.67. The van der Waals surface area contributed by atoms with E-state index >= 15 is 0 Å². The van der Waals surface area contributed by atoms with Crippen LogP contribution in [-0.4, -0.2) is 25.9 Å². The summed E-state index contributed by atoms with van der Waals surface area (Å²) in [5.74, 6) is 1.87. The number of nitrogens with two attached hydrogens (primary N) is 1. The van der Waals surface area contributed by atoms with Gasteiger partial charge < -0.3 is 15.4 Å². The first-order valence-corrected chi connectivity index (χ1v) is 5.71. The highest BCUT2D eigenvalue weighted by molar-refractivity contribution is 5.63. The fourth-order valence-corrected chi connectivity index (χ4v) is 2.21. The first-order valence-electron chi connectivity index (χ1n) is 5.71. The third-order valence-electron chi connectivity index (χ3n) is 3.14. The number of hydrogen-bond acceptors (Lipinski definition) is 4. The van der Waals surface area contributed by atoms with E-state index < -0.39 is 0 Å². The first kappa shape index (κ1) is 10.3. The predicted octanol–water partition coefficient (Wildman–Crippen LogP) is 0.924. The van der Waals surface area contributed by atoms with Gasteiger partial charge in [-0.1, -0.05) is 12.1 Å². The molecule has 88 valence electrons. The number of phenols is 1. The molecule has 0 saturated heterocycles. The molecule has 1 aliphatic heterocycles. The van der Waals surface area contributed by atoms with Crippen LogP contribution in [0.2, 0.25) is 0 Å². The van der Waals surface area contributed by atoms with Gasteiger partial charge in [-0.3, -0.25) is 0 Å². The number of phenolic OH excluding ortho intramolecular Hbond substituents is 1. The van der Waals surface area contributed by atoms with Gasteiger partial charge in [0.1, 0.15) is 11.6 Å². The minimum absolute atomic E-state index is 0.170. The van der Waals surface area contributed by atoms with Crippen molar-refractivity contribution in [2.45, 2.75) is 25.4 Å². The number of hydrogen-bond donors (Lipinski definition) is 2. The van der Waals surface area contributed by atoms with Crippen LogP contribution < -0.4 is 5.73 Å². The first-order chi connectivity index (χ1) is 8.25. The van der Waals surface area contributed by atoms with Gasteiger partial charge in [0.2, 0.25) is 0 Å². The van der Waals surface area contributed by atoms with E-state index in [4.69, 9.17) is 5.73 Å². The van der Waals surface area contributed by atoms with Crippen LogP contribution in [-0.2, 0) is 13.0 Å². The van der Waals surface area contributed by atoms with Crippen LogP contribution >= 0.6 is 0 Å². The Bertz CT molecular complexity index is 549. The Morgan fingerprint density at radius 2 is 2.12 bits per heavy atom. The molecule has 0 radical (unpaired) electrons. The topological polar surface area (TPSA) is 77.0 Å². The zero-order chi connectivity index (χ0) is 11.8. The van der Waals surface area contributed by atoms with E-state index in [9.17, 15) is 5.11 Å². The summed E-state index contributed by atoms with van der Waals surface area (Å²) >= 11 is 0. The van der Waals surface area contributed by atoms with E-state index in [1.165, 1.54) is 0 Å². The summed E-state index contributed by atoms with van der Waals surface area (Å²) in [5.41, 5.74) is 6.62. The molecule has 0 spiro atoms. The van der Waals surface area contributed by atoms with Gasteiger partial charge in [-0.15, -0.1) is 10.2 Å². The van der Waals surface area contributed by atoms with Gasteiger partial charge in [0.05, 0.1) is 5.56 Å². The third kappa shape index (κ3) is 1.68. The summed E-state index contributed by atoms with van der Waals surface area (Å²) in [6, 6.07) is 7.35.